The van der Waals surface area contributed by atoms with Crippen molar-refractivity contribution in [1.82, 2.24) is 10.4 Å². The van der Waals surface area contributed by atoms with Gasteiger partial charge in [-0.25, -0.2) is 10.4 Å². The Morgan fingerprint density at radius 1 is 1.03 bits per heavy atom. The van der Waals surface area contributed by atoms with E-state index in [0.717, 1.165) is 33.5 Å². The summed E-state index contributed by atoms with van der Waals surface area (Å²) in [6.45, 7) is 1.88. The van der Waals surface area contributed by atoms with E-state index >= 15 is 0 Å². The summed E-state index contributed by atoms with van der Waals surface area (Å²) in [5, 5.41) is 4.86. The fourth-order valence-electron chi connectivity index (χ4n) is 3.01. The summed E-state index contributed by atoms with van der Waals surface area (Å²) < 4.78 is 5.27. The van der Waals surface area contributed by atoms with Gasteiger partial charge in [-0.1, -0.05) is 48.5 Å². The van der Waals surface area contributed by atoms with Crippen LogP contribution < -0.4 is 5.43 Å². The zero-order valence-corrected chi connectivity index (χ0v) is 15.9. The Balaban J connectivity index is 1.62. The third-order valence-electron chi connectivity index (χ3n) is 4.38. The number of amides is 1. The highest BCUT2D eigenvalue weighted by Crippen LogP contribution is 2.24. The number of fused-ring (bicyclic) bond motifs is 1. The van der Waals surface area contributed by atoms with Crippen molar-refractivity contribution >= 4 is 29.1 Å². The van der Waals surface area contributed by atoms with Crippen LogP contribution in [0.1, 0.15) is 23.0 Å². The van der Waals surface area contributed by atoms with Crippen molar-refractivity contribution < 1.29 is 9.21 Å². The summed E-state index contributed by atoms with van der Waals surface area (Å²) in [4.78, 5) is 17.6. The van der Waals surface area contributed by atoms with Gasteiger partial charge in [-0.15, -0.1) is 0 Å². The molecule has 2 heterocycles. The number of nitrogens with one attached hydrogen (secondary N) is 1. The van der Waals surface area contributed by atoms with Crippen LogP contribution in [0.25, 0.3) is 28.2 Å². The fraction of sp³-hybridized carbons (Fsp3) is 0.0417. The number of aromatic nitrogens is 1. The normalized spacial score (nSPS) is 11.8. The van der Waals surface area contributed by atoms with Crippen molar-refractivity contribution in [3.63, 3.8) is 0 Å². The van der Waals surface area contributed by atoms with Gasteiger partial charge in [-0.05, 0) is 42.8 Å². The Morgan fingerprint density at radius 2 is 1.83 bits per heavy atom. The first-order chi connectivity index (χ1) is 14.2. The third-order valence-corrected chi connectivity index (χ3v) is 4.38. The molecule has 0 saturated heterocycles. The Hall–Kier alpha value is -3.99. The van der Waals surface area contributed by atoms with Gasteiger partial charge in [0.25, 0.3) is 5.91 Å². The van der Waals surface area contributed by atoms with Gasteiger partial charge in [0, 0.05) is 10.9 Å². The Morgan fingerprint density at radius 3 is 2.62 bits per heavy atom. The first-order valence-corrected chi connectivity index (χ1v) is 9.21. The lowest BCUT2D eigenvalue weighted by Gasteiger charge is -2.09. The molecule has 4 rings (SSSR count). The number of para-hydroxylation sites is 1. The van der Waals surface area contributed by atoms with Crippen molar-refractivity contribution in [3.8, 4) is 11.3 Å². The number of nitrogens with zero attached hydrogens (tertiary/aromatic N) is 2. The molecular weight excluding hydrogens is 362 g/mol. The Bertz CT molecular complexity index is 1190. The van der Waals surface area contributed by atoms with Gasteiger partial charge in [-0.3, -0.25) is 4.79 Å². The van der Waals surface area contributed by atoms with Crippen LogP contribution in [-0.2, 0) is 0 Å². The van der Waals surface area contributed by atoms with E-state index in [4.69, 9.17) is 9.40 Å². The molecule has 0 radical (unpaired) electrons. The monoisotopic (exact) mass is 381 g/mol. The van der Waals surface area contributed by atoms with Crippen LogP contribution in [0, 0.1) is 0 Å². The van der Waals surface area contributed by atoms with Crippen molar-refractivity contribution in [3.05, 3.63) is 96.0 Å². The summed E-state index contributed by atoms with van der Waals surface area (Å²) in [7, 11) is 0. The topological polar surface area (TPSA) is 67.5 Å². The molecule has 142 valence electrons. The number of allylic oxidation sites excluding steroid dienone is 1. The predicted molar refractivity (Wildman–Crippen MR) is 115 cm³/mol. The molecule has 0 atom stereocenters. The van der Waals surface area contributed by atoms with Crippen LogP contribution in [-0.4, -0.2) is 17.1 Å². The Labute approximate surface area is 168 Å². The van der Waals surface area contributed by atoms with Crippen molar-refractivity contribution in [2.45, 2.75) is 6.92 Å². The van der Waals surface area contributed by atoms with Crippen LogP contribution in [0.15, 0.2) is 94.2 Å². The number of hydrogen-bond donors (Lipinski definition) is 1. The smallest absolute Gasteiger partial charge is 0.272 e. The molecule has 2 aromatic heterocycles. The van der Waals surface area contributed by atoms with Crippen molar-refractivity contribution in [2.75, 3.05) is 0 Å². The number of rotatable bonds is 5. The summed E-state index contributed by atoms with van der Waals surface area (Å²) in [6.07, 6.45) is 5.03. The molecule has 1 amide bonds. The van der Waals surface area contributed by atoms with Gasteiger partial charge in [-0.2, -0.15) is 5.10 Å². The standard InChI is InChI=1S/C24H19N3O2/c1-17(14-19-10-7-13-29-19)16-25-27-24(28)21-15-23(18-8-3-2-4-9-18)26-22-12-6-5-11-20(21)22/h2-16H,1H3,(H,27,28)/b17-14+,25-16?. The number of furan rings is 1. The number of pyridine rings is 1. The average Bonchev–Trinajstić information content (AvgIpc) is 3.26. The minimum atomic E-state index is -0.289. The summed E-state index contributed by atoms with van der Waals surface area (Å²) in [5.41, 5.74) is 6.45. The predicted octanol–water partition coefficient (Wildman–Crippen LogP) is 5.31. The van der Waals surface area contributed by atoms with E-state index in [1.54, 1.807) is 18.5 Å². The average molecular weight is 381 g/mol. The molecule has 2 aromatic carbocycles. The molecule has 0 aliphatic carbocycles. The van der Waals surface area contributed by atoms with Crippen LogP contribution >= 0.6 is 0 Å². The van der Waals surface area contributed by atoms with Gasteiger partial charge < -0.3 is 4.42 Å². The lowest BCUT2D eigenvalue weighted by Crippen LogP contribution is -2.18. The summed E-state index contributed by atoms with van der Waals surface area (Å²) >= 11 is 0. The van der Waals surface area contributed by atoms with Gasteiger partial charge in [0.15, 0.2) is 0 Å². The van der Waals surface area contributed by atoms with E-state index in [1.165, 1.54) is 0 Å². The highest BCUT2D eigenvalue weighted by Gasteiger charge is 2.13. The highest BCUT2D eigenvalue weighted by atomic mass is 16.3. The summed E-state index contributed by atoms with van der Waals surface area (Å²) in [6, 6.07) is 22.8. The van der Waals surface area contributed by atoms with Crippen molar-refractivity contribution in [2.24, 2.45) is 5.10 Å². The van der Waals surface area contributed by atoms with E-state index in [1.807, 2.05) is 79.7 Å². The number of hydrogen-bond acceptors (Lipinski definition) is 4. The number of carbonyl (C=O) groups is 1. The van der Waals surface area contributed by atoms with Crippen LogP contribution in [0.3, 0.4) is 0 Å². The van der Waals surface area contributed by atoms with Gasteiger partial charge in [0.2, 0.25) is 0 Å². The maximum Gasteiger partial charge on any atom is 0.272 e. The molecule has 4 aromatic rings. The lowest BCUT2D eigenvalue weighted by molar-refractivity contribution is 0.0956. The Kier molecular flexibility index (Phi) is 5.29. The minimum absolute atomic E-state index is 0.289. The van der Waals surface area contributed by atoms with Crippen molar-refractivity contribution in [1.29, 1.82) is 0 Å². The zero-order valence-electron chi connectivity index (χ0n) is 15.9. The van der Waals surface area contributed by atoms with E-state index < -0.39 is 0 Å². The first-order valence-electron chi connectivity index (χ1n) is 9.21. The molecule has 5 nitrogen and oxygen atoms in total. The van der Waals surface area contributed by atoms with E-state index in [-0.39, 0.29) is 5.91 Å². The highest BCUT2D eigenvalue weighted by molar-refractivity contribution is 6.07. The molecule has 0 unspecified atom stereocenters. The second-order valence-electron chi connectivity index (χ2n) is 6.54. The van der Waals surface area contributed by atoms with Crippen LogP contribution in [0.2, 0.25) is 0 Å². The number of carbonyl (C=O) groups excluding carboxylic acids is 1. The quantitative estimate of drug-likeness (QED) is 0.376. The lowest BCUT2D eigenvalue weighted by atomic mass is 10.0. The molecule has 0 saturated carbocycles. The number of hydrazone groups is 1. The molecule has 0 spiro atoms. The SMILES string of the molecule is C/C(C=NNC(=O)c1cc(-c2ccccc2)nc2ccccc12)=C\c1ccco1. The molecule has 0 aliphatic heterocycles. The van der Waals surface area contributed by atoms with E-state index in [0.29, 0.717) is 5.56 Å². The van der Waals surface area contributed by atoms with Gasteiger partial charge in [0.05, 0.1) is 29.3 Å². The molecule has 29 heavy (non-hydrogen) atoms. The first kappa shape index (κ1) is 18.4. The van der Waals surface area contributed by atoms with E-state index in [9.17, 15) is 4.79 Å². The summed E-state index contributed by atoms with van der Waals surface area (Å²) in [5.74, 6) is 0.440. The van der Waals surface area contributed by atoms with Crippen LogP contribution in [0.5, 0.6) is 0 Å². The maximum atomic E-state index is 12.9. The van der Waals surface area contributed by atoms with Gasteiger partial charge in [0.1, 0.15) is 5.76 Å². The number of benzene rings is 2. The molecule has 0 bridgehead atoms. The minimum Gasteiger partial charge on any atom is -0.465 e. The zero-order chi connectivity index (χ0) is 20.1. The van der Waals surface area contributed by atoms with E-state index in [2.05, 4.69) is 10.5 Å². The van der Waals surface area contributed by atoms with Crippen LogP contribution in [0.4, 0.5) is 0 Å². The molecular formula is C24H19N3O2. The third kappa shape index (κ3) is 4.30. The van der Waals surface area contributed by atoms with Gasteiger partial charge >= 0.3 is 0 Å². The molecule has 0 fully saturated rings. The molecule has 5 heteroatoms. The largest absolute Gasteiger partial charge is 0.465 e. The maximum absolute atomic E-state index is 12.9. The second kappa shape index (κ2) is 8.35. The molecule has 0 aliphatic rings. The second-order valence-corrected chi connectivity index (χ2v) is 6.54. The fourth-order valence-corrected chi connectivity index (χ4v) is 3.01. The molecule has 1 N–H and O–H groups in total.